The van der Waals surface area contributed by atoms with Crippen molar-refractivity contribution in [1.29, 1.82) is 0 Å². The van der Waals surface area contributed by atoms with Gasteiger partial charge in [-0.25, -0.2) is 0 Å². The molecule has 92 valence electrons. The minimum atomic E-state index is -0.384. The van der Waals surface area contributed by atoms with E-state index in [1.807, 2.05) is 24.3 Å². The molecule has 0 fully saturated rings. The van der Waals surface area contributed by atoms with Crippen molar-refractivity contribution in [3.63, 3.8) is 0 Å². The number of fused-ring (bicyclic) bond motifs is 1. The molecule has 1 amide bonds. The molecule has 0 unspecified atom stereocenters. The minimum Gasteiger partial charge on any atom is -0.490 e. The summed E-state index contributed by atoms with van der Waals surface area (Å²) in [5, 5.41) is 3.29. The third-order valence-electron chi connectivity index (χ3n) is 2.79. The van der Waals surface area contributed by atoms with Crippen molar-refractivity contribution in [2.24, 2.45) is 5.73 Å². The first-order chi connectivity index (χ1) is 8.74. The number of primary amides is 1. The summed E-state index contributed by atoms with van der Waals surface area (Å²) in [5.74, 6) is 0.488. The van der Waals surface area contributed by atoms with Gasteiger partial charge in [-0.15, -0.1) is 11.3 Å². The van der Waals surface area contributed by atoms with E-state index in [-0.39, 0.29) is 5.91 Å². The number of hydrogen-bond donors (Lipinski definition) is 2. The van der Waals surface area contributed by atoms with Crippen molar-refractivity contribution >= 4 is 22.9 Å². The van der Waals surface area contributed by atoms with Gasteiger partial charge in [-0.2, -0.15) is 0 Å². The van der Waals surface area contributed by atoms with E-state index in [1.54, 1.807) is 6.07 Å². The Morgan fingerprint density at radius 1 is 1.33 bits per heavy atom. The molecular weight excluding hydrogens is 248 g/mol. The summed E-state index contributed by atoms with van der Waals surface area (Å²) >= 11 is 1.40. The Labute approximate surface area is 108 Å². The zero-order valence-electron chi connectivity index (χ0n) is 9.60. The van der Waals surface area contributed by atoms with Gasteiger partial charge in [0.1, 0.15) is 12.4 Å². The first-order valence-electron chi connectivity index (χ1n) is 5.65. The van der Waals surface area contributed by atoms with E-state index in [1.165, 1.54) is 11.3 Å². The second-order valence-electron chi connectivity index (χ2n) is 4.01. The van der Waals surface area contributed by atoms with Gasteiger partial charge in [0.25, 0.3) is 5.91 Å². The van der Waals surface area contributed by atoms with Gasteiger partial charge in [0.05, 0.1) is 10.6 Å². The second kappa shape index (κ2) is 4.34. The van der Waals surface area contributed by atoms with Crippen molar-refractivity contribution in [3.05, 3.63) is 35.2 Å². The lowest BCUT2D eigenvalue weighted by Gasteiger charge is -2.19. The molecular formula is C13H12N2O2S. The number of carbonyl (C=O) groups excluding carboxylic acids is 1. The van der Waals surface area contributed by atoms with Crippen LogP contribution in [0.25, 0.3) is 10.4 Å². The number of ether oxygens (including phenoxy) is 1. The summed E-state index contributed by atoms with van der Waals surface area (Å²) in [6.07, 6.45) is 0. The zero-order chi connectivity index (χ0) is 12.5. The maximum Gasteiger partial charge on any atom is 0.258 e. The molecule has 0 saturated heterocycles. The molecule has 2 heterocycles. The molecule has 0 atom stereocenters. The topological polar surface area (TPSA) is 64.4 Å². The first-order valence-corrected chi connectivity index (χ1v) is 6.46. The summed E-state index contributed by atoms with van der Waals surface area (Å²) < 4.78 is 5.52. The summed E-state index contributed by atoms with van der Waals surface area (Å²) in [6, 6.07) is 9.63. The van der Waals surface area contributed by atoms with E-state index >= 15 is 0 Å². The average Bonchev–Trinajstić information content (AvgIpc) is 2.88. The monoisotopic (exact) mass is 260 g/mol. The number of nitrogens with two attached hydrogens (primary N) is 1. The van der Waals surface area contributed by atoms with Gasteiger partial charge in [0, 0.05) is 11.4 Å². The average molecular weight is 260 g/mol. The van der Waals surface area contributed by atoms with Crippen molar-refractivity contribution in [2.75, 3.05) is 18.5 Å². The number of benzene rings is 1. The Morgan fingerprint density at radius 3 is 3.00 bits per heavy atom. The van der Waals surface area contributed by atoms with Gasteiger partial charge >= 0.3 is 0 Å². The van der Waals surface area contributed by atoms with Crippen LogP contribution in [0.1, 0.15) is 9.67 Å². The lowest BCUT2D eigenvalue weighted by atomic mass is 10.1. The summed E-state index contributed by atoms with van der Waals surface area (Å²) in [4.78, 5) is 12.7. The summed E-state index contributed by atoms with van der Waals surface area (Å²) in [5.41, 5.74) is 7.31. The highest BCUT2D eigenvalue weighted by atomic mass is 32.1. The highest BCUT2D eigenvalue weighted by molar-refractivity contribution is 7.17. The molecule has 0 spiro atoms. The highest BCUT2D eigenvalue weighted by Crippen LogP contribution is 2.35. The smallest absolute Gasteiger partial charge is 0.258 e. The van der Waals surface area contributed by atoms with Gasteiger partial charge in [0.2, 0.25) is 0 Å². The fourth-order valence-electron chi connectivity index (χ4n) is 1.92. The molecule has 4 nitrogen and oxygen atoms in total. The molecule has 1 aliphatic heterocycles. The second-order valence-corrected chi connectivity index (χ2v) is 5.10. The highest BCUT2D eigenvalue weighted by Gasteiger charge is 2.12. The SMILES string of the molecule is NC(=O)c1ccc(-c2ccc3c(c2)NCCO3)s1. The van der Waals surface area contributed by atoms with Gasteiger partial charge in [-0.1, -0.05) is 0 Å². The Bertz CT molecular complexity index is 607. The van der Waals surface area contributed by atoms with Gasteiger partial charge in [0.15, 0.2) is 0 Å². The Kier molecular flexibility index (Phi) is 2.68. The zero-order valence-corrected chi connectivity index (χ0v) is 10.4. The fourth-order valence-corrected chi connectivity index (χ4v) is 2.77. The van der Waals surface area contributed by atoms with E-state index in [4.69, 9.17) is 10.5 Å². The van der Waals surface area contributed by atoms with Crippen LogP contribution in [0.15, 0.2) is 30.3 Å². The summed E-state index contributed by atoms with van der Waals surface area (Å²) in [6.45, 7) is 1.50. The number of rotatable bonds is 2. The molecule has 1 aromatic carbocycles. The van der Waals surface area contributed by atoms with E-state index in [0.29, 0.717) is 11.5 Å². The number of amides is 1. The van der Waals surface area contributed by atoms with Crippen LogP contribution in [-0.4, -0.2) is 19.1 Å². The number of carbonyl (C=O) groups is 1. The molecule has 2 aromatic rings. The van der Waals surface area contributed by atoms with Gasteiger partial charge in [-0.3, -0.25) is 4.79 Å². The molecule has 0 radical (unpaired) electrons. The maximum absolute atomic E-state index is 11.1. The molecule has 0 aliphatic carbocycles. The van der Waals surface area contributed by atoms with E-state index in [2.05, 4.69) is 5.32 Å². The predicted molar refractivity (Wildman–Crippen MR) is 72.3 cm³/mol. The van der Waals surface area contributed by atoms with E-state index in [9.17, 15) is 4.79 Å². The van der Waals surface area contributed by atoms with Crippen LogP contribution >= 0.6 is 11.3 Å². The quantitative estimate of drug-likeness (QED) is 0.871. The van der Waals surface area contributed by atoms with Crippen molar-refractivity contribution in [2.45, 2.75) is 0 Å². The van der Waals surface area contributed by atoms with Gasteiger partial charge < -0.3 is 15.8 Å². The molecule has 3 N–H and O–H groups in total. The molecule has 3 rings (SSSR count). The van der Waals surface area contributed by atoms with Crippen molar-refractivity contribution in [3.8, 4) is 16.2 Å². The number of hydrogen-bond acceptors (Lipinski definition) is 4. The Balaban J connectivity index is 1.98. The largest absolute Gasteiger partial charge is 0.490 e. The van der Waals surface area contributed by atoms with E-state index < -0.39 is 0 Å². The maximum atomic E-state index is 11.1. The normalized spacial score (nSPS) is 13.3. The molecule has 0 bridgehead atoms. The predicted octanol–water partition coefficient (Wildman–Crippen LogP) is 2.32. The molecule has 18 heavy (non-hydrogen) atoms. The number of thiophene rings is 1. The van der Waals surface area contributed by atoms with Crippen molar-refractivity contribution in [1.82, 2.24) is 0 Å². The van der Waals surface area contributed by atoms with Crippen LogP contribution in [-0.2, 0) is 0 Å². The molecule has 1 aromatic heterocycles. The summed E-state index contributed by atoms with van der Waals surface area (Å²) in [7, 11) is 0. The fraction of sp³-hybridized carbons (Fsp3) is 0.154. The lowest BCUT2D eigenvalue weighted by Crippen LogP contribution is -2.17. The van der Waals surface area contributed by atoms with Crippen LogP contribution in [0, 0.1) is 0 Å². The standard InChI is InChI=1S/C13H12N2O2S/c14-13(16)12-4-3-11(18-12)8-1-2-10-9(7-8)15-5-6-17-10/h1-4,7,15H,5-6H2,(H2,14,16). The molecule has 1 aliphatic rings. The van der Waals surface area contributed by atoms with Crippen LogP contribution in [0.4, 0.5) is 5.69 Å². The van der Waals surface area contributed by atoms with Gasteiger partial charge in [-0.05, 0) is 35.9 Å². The third-order valence-corrected chi connectivity index (χ3v) is 3.94. The first kappa shape index (κ1) is 11.1. The van der Waals surface area contributed by atoms with Crippen molar-refractivity contribution < 1.29 is 9.53 Å². The molecule has 5 heteroatoms. The number of nitrogens with one attached hydrogen (secondary N) is 1. The minimum absolute atomic E-state index is 0.384. The van der Waals surface area contributed by atoms with Crippen LogP contribution in [0.2, 0.25) is 0 Å². The third kappa shape index (κ3) is 1.93. The molecule has 0 saturated carbocycles. The van der Waals surface area contributed by atoms with Crippen LogP contribution < -0.4 is 15.8 Å². The van der Waals surface area contributed by atoms with Crippen LogP contribution in [0.5, 0.6) is 5.75 Å². The van der Waals surface area contributed by atoms with E-state index in [0.717, 1.165) is 28.4 Å². The van der Waals surface area contributed by atoms with Crippen LogP contribution in [0.3, 0.4) is 0 Å². The Morgan fingerprint density at radius 2 is 2.22 bits per heavy atom. The number of anilines is 1. The Hall–Kier alpha value is -2.01. The lowest BCUT2D eigenvalue weighted by molar-refractivity contribution is 0.100.